The van der Waals surface area contributed by atoms with Gasteiger partial charge in [0.1, 0.15) is 5.82 Å². The molecule has 0 aliphatic rings. The minimum Gasteiger partial charge on any atom is -0.395 e. The molecule has 5 heteroatoms. The molecule has 0 aliphatic heterocycles. The van der Waals surface area contributed by atoms with Gasteiger partial charge in [-0.05, 0) is 6.42 Å². The topological polar surface area (TPSA) is 67.3 Å². The number of hydrogen-bond donors (Lipinski definition) is 2. The first-order valence-electron chi connectivity index (χ1n) is 5.25. The molecule has 0 fully saturated rings. The van der Waals surface area contributed by atoms with E-state index in [9.17, 15) is 0 Å². The van der Waals surface area contributed by atoms with Crippen molar-refractivity contribution in [2.45, 2.75) is 19.8 Å². The smallest absolute Gasteiger partial charge is 0.150 e. The zero-order valence-corrected chi connectivity index (χ0v) is 9.69. The van der Waals surface area contributed by atoms with Crippen molar-refractivity contribution in [3.63, 3.8) is 0 Å². The van der Waals surface area contributed by atoms with Crippen LogP contribution in [-0.4, -0.2) is 35.1 Å². The van der Waals surface area contributed by atoms with Crippen LogP contribution in [0.15, 0.2) is 0 Å². The highest BCUT2D eigenvalue weighted by Crippen LogP contribution is 2.25. The second-order valence-electron chi connectivity index (χ2n) is 3.70. The summed E-state index contributed by atoms with van der Waals surface area (Å²) in [5, 5.41) is 13.2. The van der Waals surface area contributed by atoms with E-state index in [1.54, 1.807) is 4.68 Å². The molecule has 15 heavy (non-hydrogen) atoms. The molecule has 0 saturated heterocycles. The van der Waals surface area contributed by atoms with Crippen molar-refractivity contribution in [1.29, 1.82) is 0 Å². The Morgan fingerprint density at radius 3 is 2.73 bits per heavy atom. The van der Waals surface area contributed by atoms with Crippen LogP contribution in [0.4, 0.5) is 11.5 Å². The molecule has 0 spiro atoms. The molecule has 5 nitrogen and oxygen atoms in total. The number of hydrogen-bond acceptors (Lipinski definition) is 4. The molecular weight excluding hydrogens is 192 g/mol. The first-order valence-corrected chi connectivity index (χ1v) is 5.25. The number of aliphatic hydroxyl groups is 1. The van der Waals surface area contributed by atoms with Crippen LogP contribution in [-0.2, 0) is 13.5 Å². The number of likely N-dealkylation sites (N-methyl/N-ethyl adjacent to an activating group) is 1. The summed E-state index contributed by atoms with van der Waals surface area (Å²) < 4.78 is 1.77. The molecule has 1 aromatic rings. The Hall–Kier alpha value is -1.23. The number of nitrogens with zero attached hydrogens (tertiary/aromatic N) is 3. The van der Waals surface area contributed by atoms with Crippen LogP contribution < -0.4 is 10.6 Å². The number of anilines is 2. The highest BCUT2D eigenvalue weighted by molar-refractivity contribution is 5.66. The summed E-state index contributed by atoms with van der Waals surface area (Å²) >= 11 is 0. The Morgan fingerprint density at radius 2 is 2.20 bits per heavy atom. The van der Waals surface area contributed by atoms with Crippen LogP contribution in [0, 0.1) is 0 Å². The third-order valence-corrected chi connectivity index (χ3v) is 2.41. The summed E-state index contributed by atoms with van der Waals surface area (Å²) in [4.78, 5) is 1.92. The van der Waals surface area contributed by atoms with Gasteiger partial charge in [-0.15, -0.1) is 0 Å². The minimum absolute atomic E-state index is 0.115. The van der Waals surface area contributed by atoms with E-state index in [4.69, 9.17) is 10.8 Å². The van der Waals surface area contributed by atoms with Crippen molar-refractivity contribution in [3.05, 3.63) is 5.69 Å². The molecule has 0 bridgehead atoms. The number of rotatable bonds is 5. The summed E-state index contributed by atoms with van der Waals surface area (Å²) in [5.74, 6) is 0.882. The van der Waals surface area contributed by atoms with Gasteiger partial charge in [-0.2, -0.15) is 5.10 Å². The number of aliphatic hydroxyl groups excluding tert-OH is 1. The Labute approximate surface area is 90.5 Å². The van der Waals surface area contributed by atoms with Gasteiger partial charge < -0.3 is 15.7 Å². The van der Waals surface area contributed by atoms with Crippen LogP contribution in [0.3, 0.4) is 0 Å². The van der Waals surface area contributed by atoms with Crippen molar-refractivity contribution in [2.24, 2.45) is 7.05 Å². The average molecular weight is 212 g/mol. The van der Waals surface area contributed by atoms with Crippen molar-refractivity contribution >= 4 is 11.5 Å². The second-order valence-corrected chi connectivity index (χ2v) is 3.70. The van der Waals surface area contributed by atoms with Crippen molar-refractivity contribution in [2.75, 3.05) is 30.8 Å². The van der Waals surface area contributed by atoms with E-state index in [1.165, 1.54) is 0 Å². The summed E-state index contributed by atoms with van der Waals surface area (Å²) in [6.07, 6.45) is 1.93. The molecule has 0 unspecified atom stereocenters. The maximum absolute atomic E-state index is 8.88. The van der Waals surface area contributed by atoms with E-state index in [1.807, 2.05) is 19.0 Å². The standard InChI is InChI=1S/C10H20N4O/c1-4-5-8-9(11)10(14(3)12-8)13(2)6-7-15/h15H,4-7,11H2,1-3H3. The molecule has 0 amide bonds. The minimum atomic E-state index is 0.115. The lowest BCUT2D eigenvalue weighted by Crippen LogP contribution is -2.24. The molecule has 0 radical (unpaired) electrons. The lowest BCUT2D eigenvalue weighted by Gasteiger charge is -2.18. The number of nitrogens with two attached hydrogens (primary N) is 1. The Bertz CT molecular complexity index is 321. The maximum Gasteiger partial charge on any atom is 0.150 e. The zero-order chi connectivity index (χ0) is 11.4. The van der Waals surface area contributed by atoms with Crippen LogP contribution in [0.2, 0.25) is 0 Å². The van der Waals surface area contributed by atoms with E-state index in [0.29, 0.717) is 6.54 Å². The van der Waals surface area contributed by atoms with Crippen molar-refractivity contribution in [3.8, 4) is 0 Å². The highest BCUT2D eigenvalue weighted by atomic mass is 16.3. The van der Waals surface area contributed by atoms with Crippen LogP contribution in [0.1, 0.15) is 19.0 Å². The van der Waals surface area contributed by atoms with E-state index >= 15 is 0 Å². The highest BCUT2D eigenvalue weighted by Gasteiger charge is 2.15. The monoisotopic (exact) mass is 212 g/mol. The van der Waals surface area contributed by atoms with Crippen molar-refractivity contribution < 1.29 is 5.11 Å². The predicted molar refractivity (Wildman–Crippen MR) is 62.0 cm³/mol. The van der Waals surface area contributed by atoms with Gasteiger partial charge in [-0.1, -0.05) is 13.3 Å². The van der Waals surface area contributed by atoms with E-state index in [0.717, 1.165) is 30.0 Å². The maximum atomic E-state index is 8.88. The van der Waals surface area contributed by atoms with Crippen LogP contribution >= 0.6 is 0 Å². The second kappa shape index (κ2) is 5.02. The van der Waals surface area contributed by atoms with Gasteiger partial charge in [0.15, 0.2) is 0 Å². The molecule has 1 rings (SSSR count). The summed E-state index contributed by atoms with van der Waals surface area (Å²) in [6, 6.07) is 0. The quantitative estimate of drug-likeness (QED) is 0.740. The van der Waals surface area contributed by atoms with Crippen molar-refractivity contribution in [1.82, 2.24) is 9.78 Å². The Balaban J connectivity index is 2.96. The third kappa shape index (κ3) is 2.41. The third-order valence-electron chi connectivity index (χ3n) is 2.41. The number of aromatic nitrogens is 2. The fourth-order valence-electron chi connectivity index (χ4n) is 1.72. The summed E-state index contributed by atoms with van der Waals surface area (Å²) in [7, 11) is 3.78. The van der Waals surface area contributed by atoms with Gasteiger partial charge in [-0.25, -0.2) is 0 Å². The van der Waals surface area contributed by atoms with Gasteiger partial charge in [0.25, 0.3) is 0 Å². The molecule has 1 heterocycles. The van der Waals surface area contributed by atoms with E-state index in [2.05, 4.69) is 12.0 Å². The fraction of sp³-hybridized carbons (Fsp3) is 0.700. The Morgan fingerprint density at radius 1 is 1.53 bits per heavy atom. The lowest BCUT2D eigenvalue weighted by atomic mass is 10.2. The zero-order valence-electron chi connectivity index (χ0n) is 9.69. The van der Waals surface area contributed by atoms with Gasteiger partial charge in [0.05, 0.1) is 18.0 Å². The van der Waals surface area contributed by atoms with Crippen LogP contribution in [0.25, 0.3) is 0 Å². The molecule has 3 N–H and O–H groups in total. The molecule has 0 saturated carbocycles. The molecule has 0 aromatic carbocycles. The first kappa shape index (κ1) is 11.8. The number of nitrogen functional groups attached to an aromatic ring is 1. The SMILES string of the molecule is CCCc1nn(C)c(N(C)CCO)c1N. The molecule has 0 aliphatic carbocycles. The predicted octanol–water partition coefficient (Wildman–Crippen LogP) is 0.383. The lowest BCUT2D eigenvalue weighted by molar-refractivity contribution is 0.303. The van der Waals surface area contributed by atoms with Gasteiger partial charge in [0, 0.05) is 20.6 Å². The normalized spacial score (nSPS) is 10.7. The summed E-state index contributed by atoms with van der Waals surface area (Å²) in [6.45, 7) is 2.78. The number of aryl methyl sites for hydroxylation is 2. The van der Waals surface area contributed by atoms with Gasteiger partial charge in [0.2, 0.25) is 0 Å². The molecule has 86 valence electrons. The van der Waals surface area contributed by atoms with Crippen LogP contribution in [0.5, 0.6) is 0 Å². The molecular formula is C10H20N4O. The molecule has 0 atom stereocenters. The van der Waals surface area contributed by atoms with E-state index < -0.39 is 0 Å². The molecule has 1 aromatic heterocycles. The summed E-state index contributed by atoms with van der Waals surface area (Å²) in [5.41, 5.74) is 7.69. The largest absolute Gasteiger partial charge is 0.395 e. The average Bonchev–Trinajstić information content (AvgIpc) is 2.43. The van der Waals surface area contributed by atoms with E-state index in [-0.39, 0.29) is 6.61 Å². The van der Waals surface area contributed by atoms with Gasteiger partial charge >= 0.3 is 0 Å². The first-order chi connectivity index (χ1) is 7.11. The fourth-order valence-corrected chi connectivity index (χ4v) is 1.72. The van der Waals surface area contributed by atoms with Gasteiger partial charge in [-0.3, -0.25) is 4.68 Å². The Kier molecular flexibility index (Phi) is 3.96.